The predicted octanol–water partition coefficient (Wildman–Crippen LogP) is 3.34. The van der Waals surface area contributed by atoms with Gasteiger partial charge in [0.15, 0.2) is 5.78 Å². The number of fused-ring (bicyclic) bond motifs is 1. The van der Waals surface area contributed by atoms with Crippen LogP contribution in [0.5, 0.6) is 0 Å². The van der Waals surface area contributed by atoms with Crippen molar-refractivity contribution < 1.29 is 13.2 Å². The van der Waals surface area contributed by atoms with Crippen LogP contribution in [0.15, 0.2) is 47.4 Å². The molecule has 0 amide bonds. The van der Waals surface area contributed by atoms with Gasteiger partial charge in [0.2, 0.25) is 10.0 Å². The van der Waals surface area contributed by atoms with Gasteiger partial charge in [-0.2, -0.15) is 0 Å². The lowest BCUT2D eigenvalue weighted by molar-refractivity contribution is 0.0972. The number of primary sulfonamides is 1. The van der Waals surface area contributed by atoms with E-state index in [0.29, 0.717) is 5.56 Å². The second kappa shape index (κ2) is 6.83. The SMILES string of the molecule is CC(C)c1nc2ccccc2n1CC(=O)c1ccc(S(N)(=O)=O)c(Cl)c1. The number of benzene rings is 2. The molecule has 0 unspecified atom stereocenters. The minimum Gasteiger partial charge on any atom is -0.320 e. The molecule has 0 spiro atoms. The van der Waals surface area contributed by atoms with E-state index < -0.39 is 10.0 Å². The zero-order valence-corrected chi connectivity index (χ0v) is 15.9. The summed E-state index contributed by atoms with van der Waals surface area (Å²) in [6.45, 7) is 4.11. The molecule has 0 atom stereocenters. The summed E-state index contributed by atoms with van der Waals surface area (Å²) in [4.78, 5) is 17.2. The fourth-order valence-corrected chi connectivity index (χ4v) is 3.93. The number of Topliss-reactive ketones (excluding diaryl/α,β-unsaturated/α-hetero) is 1. The van der Waals surface area contributed by atoms with Crippen LogP contribution < -0.4 is 5.14 Å². The number of nitrogens with two attached hydrogens (primary N) is 1. The van der Waals surface area contributed by atoms with Gasteiger partial charge in [0.1, 0.15) is 10.7 Å². The van der Waals surface area contributed by atoms with E-state index in [1.165, 1.54) is 18.2 Å². The normalized spacial score (nSPS) is 12.0. The number of para-hydroxylation sites is 2. The molecular formula is C18H18ClN3O3S. The van der Waals surface area contributed by atoms with E-state index >= 15 is 0 Å². The summed E-state index contributed by atoms with van der Waals surface area (Å²) in [5.74, 6) is 0.758. The van der Waals surface area contributed by atoms with Gasteiger partial charge in [0, 0.05) is 11.5 Å². The summed E-state index contributed by atoms with van der Waals surface area (Å²) in [5, 5.41) is 5.03. The molecule has 0 fully saturated rings. The summed E-state index contributed by atoms with van der Waals surface area (Å²) in [7, 11) is -3.93. The standard InChI is InChI=1S/C18H18ClN3O3S/c1-11(2)18-21-14-5-3-4-6-15(14)22(18)10-16(23)12-7-8-17(13(19)9-12)26(20,24)25/h3-9,11H,10H2,1-2H3,(H2,20,24,25). The highest BCUT2D eigenvalue weighted by Gasteiger charge is 2.19. The Morgan fingerprint density at radius 2 is 1.92 bits per heavy atom. The van der Waals surface area contributed by atoms with E-state index in [0.717, 1.165) is 16.9 Å². The lowest BCUT2D eigenvalue weighted by Crippen LogP contribution is -2.15. The largest absolute Gasteiger partial charge is 0.320 e. The maximum atomic E-state index is 12.8. The van der Waals surface area contributed by atoms with Gasteiger partial charge in [0.05, 0.1) is 22.6 Å². The zero-order chi connectivity index (χ0) is 19.1. The van der Waals surface area contributed by atoms with Crippen LogP contribution in [-0.4, -0.2) is 23.8 Å². The molecule has 0 saturated heterocycles. The number of hydrogen-bond donors (Lipinski definition) is 1. The lowest BCUT2D eigenvalue weighted by atomic mass is 10.1. The second-order valence-corrected chi connectivity index (χ2v) is 8.25. The first-order valence-electron chi connectivity index (χ1n) is 7.99. The minimum absolute atomic E-state index is 0.0714. The number of hydrogen-bond acceptors (Lipinski definition) is 4. The molecule has 0 radical (unpaired) electrons. The molecule has 2 aromatic carbocycles. The van der Waals surface area contributed by atoms with Gasteiger partial charge in [-0.25, -0.2) is 18.5 Å². The molecule has 1 aromatic heterocycles. The summed E-state index contributed by atoms with van der Waals surface area (Å²) >= 11 is 5.99. The highest BCUT2D eigenvalue weighted by Crippen LogP contribution is 2.24. The van der Waals surface area contributed by atoms with E-state index in [-0.39, 0.29) is 28.2 Å². The van der Waals surface area contributed by atoms with Gasteiger partial charge in [0.25, 0.3) is 0 Å². The van der Waals surface area contributed by atoms with Crippen LogP contribution in [0.2, 0.25) is 5.02 Å². The molecule has 0 aliphatic heterocycles. The highest BCUT2D eigenvalue weighted by atomic mass is 35.5. The van der Waals surface area contributed by atoms with Gasteiger partial charge in [-0.15, -0.1) is 0 Å². The predicted molar refractivity (Wildman–Crippen MR) is 101 cm³/mol. The lowest BCUT2D eigenvalue weighted by Gasteiger charge is -2.11. The third kappa shape index (κ3) is 3.51. The molecule has 3 rings (SSSR count). The molecule has 26 heavy (non-hydrogen) atoms. The van der Waals surface area contributed by atoms with Crippen LogP contribution in [0.3, 0.4) is 0 Å². The number of ketones is 1. The molecular weight excluding hydrogens is 374 g/mol. The Morgan fingerprint density at radius 1 is 1.23 bits per heavy atom. The quantitative estimate of drug-likeness (QED) is 0.674. The number of halogens is 1. The Morgan fingerprint density at radius 3 is 2.54 bits per heavy atom. The van der Waals surface area contributed by atoms with Crippen molar-refractivity contribution >= 4 is 38.4 Å². The van der Waals surface area contributed by atoms with Crippen LogP contribution in [-0.2, 0) is 16.6 Å². The van der Waals surface area contributed by atoms with Crippen LogP contribution in [0.25, 0.3) is 11.0 Å². The van der Waals surface area contributed by atoms with Crippen molar-refractivity contribution in [3.63, 3.8) is 0 Å². The van der Waals surface area contributed by atoms with Crippen LogP contribution in [0, 0.1) is 0 Å². The van der Waals surface area contributed by atoms with Crippen molar-refractivity contribution in [1.29, 1.82) is 0 Å². The van der Waals surface area contributed by atoms with Crippen molar-refractivity contribution in [3.8, 4) is 0 Å². The van der Waals surface area contributed by atoms with E-state index in [2.05, 4.69) is 4.98 Å². The maximum Gasteiger partial charge on any atom is 0.239 e. The fourth-order valence-electron chi connectivity index (χ4n) is 2.84. The topological polar surface area (TPSA) is 95.0 Å². The molecule has 2 N–H and O–H groups in total. The summed E-state index contributed by atoms with van der Waals surface area (Å²) in [6.07, 6.45) is 0. The fraction of sp³-hybridized carbons (Fsp3) is 0.222. The van der Waals surface area contributed by atoms with Gasteiger partial charge in [-0.3, -0.25) is 4.79 Å². The number of imidazole rings is 1. The molecule has 8 heteroatoms. The number of aromatic nitrogens is 2. The number of sulfonamides is 1. The Kier molecular flexibility index (Phi) is 4.88. The second-order valence-electron chi connectivity index (χ2n) is 6.31. The molecule has 3 aromatic rings. The third-order valence-electron chi connectivity index (χ3n) is 4.06. The van der Waals surface area contributed by atoms with Crippen molar-refractivity contribution in [2.24, 2.45) is 5.14 Å². The highest BCUT2D eigenvalue weighted by molar-refractivity contribution is 7.89. The Bertz CT molecular complexity index is 1100. The van der Waals surface area contributed by atoms with Gasteiger partial charge < -0.3 is 4.57 Å². The van der Waals surface area contributed by atoms with E-state index in [9.17, 15) is 13.2 Å². The van der Waals surface area contributed by atoms with Crippen LogP contribution in [0.4, 0.5) is 0 Å². The summed E-state index contributed by atoms with van der Waals surface area (Å²) < 4.78 is 24.8. The molecule has 0 aliphatic carbocycles. The van der Waals surface area contributed by atoms with Crippen molar-refractivity contribution in [2.75, 3.05) is 0 Å². The molecule has 0 aliphatic rings. The zero-order valence-electron chi connectivity index (χ0n) is 14.3. The van der Waals surface area contributed by atoms with Crippen LogP contribution >= 0.6 is 11.6 Å². The third-order valence-corrected chi connectivity index (χ3v) is 5.46. The average molecular weight is 392 g/mol. The Labute approximate surface area is 156 Å². The van der Waals surface area contributed by atoms with Crippen molar-refractivity contribution in [3.05, 3.63) is 58.9 Å². The van der Waals surface area contributed by atoms with Gasteiger partial charge >= 0.3 is 0 Å². The average Bonchev–Trinajstić information content (AvgIpc) is 2.92. The monoisotopic (exact) mass is 391 g/mol. The van der Waals surface area contributed by atoms with E-state index in [1.807, 2.05) is 42.7 Å². The molecule has 6 nitrogen and oxygen atoms in total. The van der Waals surface area contributed by atoms with E-state index in [1.54, 1.807) is 0 Å². The van der Waals surface area contributed by atoms with E-state index in [4.69, 9.17) is 16.7 Å². The van der Waals surface area contributed by atoms with Crippen LogP contribution in [0.1, 0.15) is 35.9 Å². The number of nitrogens with zero attached hydrogens (tertiary/aromatic N) is 2. The number of rotatable bonds is 5. The summed E-state index contributed by atoms with van der Waals surface area (Å²) in [6, 6.07) is 11.6. The van der Waals surface area contributed by atoms with Gasteiger partial charge in [-0.1, -0.05) is 37.6 Å². The van der Waals surface area contributed by atoms with Crippen molar-refractivity contribution in [2.45, 2.75) is 31.2 Å². The smallest absolute Gasteiger partial charge is 0.239 e. The number of carbonyl (C=O) groups excluding carboxylic acids is 1. The minimum atomic E-state index is -3.93. The first-order chi connectivity index (χ1) is 12.2. The maximum absolute atomic E-state index is 12.8. The summed E-state index contributed by atoms with van der Waals surface area (Å²) in [5.41, 5.74) is 2.01. The molecule has 0 saturated carbocycles. The van der Waals surface area contributed by atoms with Crippen molar-refractivity contribution in [1.82, 2.24) is 9.55 Å². The Balaban J connectivity index is 2.00. The number of carbonyl (C=O) groups is 1. The molecule has 1 heterocycles. The molecule has 136 valence electrons. The molecule has 0 bridgehead atoms. The van der Waals surface area contributed by atoms with Gasteiger partial charge in [-0.05, 0) is 30.3 Å². The first-order valence-corrected chi connectivity index (χ1v) is 9.91. The first kappa shape index (κ1) is 18.6. The Hall–Kier alpha value is -2.22.